The first-order valence-corrected chi connectivity index (χ1v) is 39.7. The molecule has 0 heterocycles. The molecule has 8 rings (SSSR count). The summed E-state index contributed by atoms with van der Waals surface area (Å²) in [6.07, 6.45) is 2.24. The van der Waals surface area contributed by atoms with E-state index in [9.17, 15) is 0 Å². The summed E-state index contributed by atoms with van der Waals surface area (Å²) in [6, 6.07) is 86.5. The Balaban J connectivity index is 0.000000612. The molecule has 0 saturated carbocycles. The zero-order valence-corrected chi connectivity index (χ0v) is 74.4. The molecule has 0 aromatic heterocycles. The van der Waals surface area contributed by atoms with Crippen LogP contribution in [-0.4, -0.2) is 117 Å². The first-order valence-electron chi connectivity index (χ1n) is 39.7. The molecular weight excluding hydrogens is 1300 g/mol. The Labute approximate surface area is 660 Å². The fourth-order valence-electron chi connectivity index (χ4n) is 10.6. The molecule has 594 valence electrons. The molecule has 8 aromatic rings. The van der Waals surface area contributed by atoms with Crippen molar-refractivity contribution < 1.29 is 0 Å². The van der Waals surface area contributed by atoms with Crippen LogP contribution in [0.3, 0.4) is 0 Å². The maximum atomic E-state index is 3.54. The molecule has 8 aromatic carbocycles. The normalized spacial score (nSPS) is 13.1. The van der Waals surface area contributed by atoms with Crippen molar-refractivity contribution in [3.05, 3.63) is 287 Å². The van der Waals surface area contributed by atoms with E-state index in [-0.39, 0.29) is 44.3 Å². The quantitative estimate of drug-likeness (QED) is 0.0786. The van der Waals surface area contributed by atoms with Crippen molar-refractivity contribution in [1.29, 1.82) is 0 Å². The largest absolute Gasteiger partial charge is 0.312 e. The molecular formula is C99H158N8. The monoisotopic (exact) mass is 1460 g/mol. The Morgan fingerprint density at radius 1 is 0.262 bits per heavy atom. The van der Waals surface area contributed by atoms with Crippen molar-refractivity contribution >= 4 is 0 Å². The van der Waals surface area contributed by atoms with Crippen LogP contribution < -0.4 is 16.0 Å². The van der Waals surface area contributed by atoms with Crippen LogP contribution in [0.25, 0.3) is 0 Å². The van der Waals surface area contributed by atoms with Crippen molar-refractivity contribution in [1.82, 2.24) is 40.4 Å². The van der Waals surface area contributed by atoms with Crippen LogP contribution in [0.1, 0.15) is 263 Å². The van der Waals surface area contributed by atoms with E-state index >= 15 is 0 Å². The number of nitrogens with zero attached hydrogens (tertiary/aromatic N) is 5. The van der Waals surface area contributed by atoms with Crippen LogP contribution in [-0.2, 0) is 25.9 Å². The number of likely N-dealkylation sites (N-methyl/N-ethyl adjacent to an activating group) is 1. The fraction of sp³-hybridized carbons (Fsp3) is 0.515. The average Bonchev–Trinajstić information content (AvgIpc) is 0.857. The number of benzene rings is 8. The molecule has 2 unspecified atom stereocenters. The molecule has 0 aliphatic heterocycles. The highest BCUT2D eigenvalue weighted by Crippen LogP contribution is 2.28. The Morgan fingerprint density at radius 3 is 0.776 bits per heavy atom. The summed E-state index contributed by atoms with van der Waals surface area (Å²) in [5.74, 6) is 0. The fourth-order valence-corrected chi connectivity index (χ4v) is 10.6. The van der Waals surface area contributed by atoms with E-state index < -0.39 is 0 Å². The highest BCUT2D eigenvalue weighted by Gasteiger charge is 2.26. The van der Waals surface area contributed by atoms with E-state index in [1.54, 1.807) is 0 Å². The third-order valence-electron chi connectivity index (χ3n) is 19.4. The summed E-state index contributed by atoms with van der Waals surface area (Å²) in [5, 5.41) is 10.4. The Kier molecular flexibility index (Phi) is 44.3. The van der Waals surface area contributed by atoms with Crippen LogP contribution in [0.5, 0.6) is 0 Å². The second kappa shape index (κ2) is 48.2. The smallest absolute Gasteiger partial charge is 0.0322 e. The molecule has 0 aliphatic carbocycles. The van der Waals surface area contributed by atoms with Crippen LogP contribution >= 0.6 is 0 Å². The van der Waals surface area contributed by atoms with E-state index in [1.165, 1.54) is 44.5 Å². The van der Waals surface area contributed by atoms with Crippen molar-refractivity contribution in [3.63, 3.8) is 0 Å². The van der Waals surface area contributed by atoms with Crippen LogP contribution in [0.15, 0.2) is 243 Å². The van der Waals surface area contributed by atoms with Gasteiger partial charge >= 0.3 is 0 Å². The van der Waals surface area contributed by atoms with Gasteiger partial charge in [0.25, 0.3) is 0 Å². The van der Waals surface area contributed by atoms with Gasteiger partial charge in [-0.05, 0) is 293 Å². The summed E-state index contributed by atoms with van der Waals surface area (Å²) in [6.45, 7) is 66.4. The second-order valence-electron chi connectivity index (χ2n) is 37.0. The van der Waals surface area contributed by atoms with Crippen LogP contribution in [0.4, 0.5) is 0 Å². The topological polar surface area (TPSA) is 52.3 Å². The summed E-state index contributed by atoms with van der Waals surface area (Å²) in [4.78, 5) is 11.9. The van der Waals surface area contributed by atoms with E-state index in [0.717, 1.165) is 39.0 Å². The first kappa shape index (κ1) is 98.4. The standard InChI is InChI=1S/4C13H21N.3C12H19N.C11H17N/c3*1-11(14(5)13(2,3)4)12-9-7-6-8-10-12;1-13(2,3)14(4)11-10-12-8-6-5-7-9-12;1-12(2,3)13(4)10-11-8-6-5-7-9-11;1-10(13-12(2,3)4)11-8-6-5-7-9-11;1-12(2,3)13-10-9-11-7-5-4-6-8-11;1-11(2,3)12-9-10-7-5-4-6-8-10/h3*6-11H,1-5H3;5-9H,10-11H2,1-4H3;5-9H,10H2,1-4H3;5-10,13H,1-4H3;4-8,13H,9-10H2,1-3H3;4-8,12H,9H2,1-3H3/t2*11-;;;;;;/m10....../s1. The minimum atomic E-state index is 0.176. The summed E-state index contributed by atoms with van der Waals surface area (Å²) < 4.78 is 0. The maximum Gasteiger partial charge on any atom is 0.0322 e. The second-order valence-corrected chi connectivity index (χ2v) is 37.0. The van der Waals surface area contributed by atoms with Crippen LogP contribution in [0, 0.1) is 0 Å². The summed E-state index contributed by atoms with van der Waals surface area (Å²) >= 11 is 0. The number of hydrogen-bond donors (Lipinski definition) is 3. The lowest BCUT2D eigenvalue weighted by Crippen LogP contribution is -2.39. The summed E-state index contributed by atoms with van der Waals surface area (Å²) in [7, 11) is 10.9. The van der Waals surface area contributed by atoms with Crippen molar-refractivity contribution in [2.24, 2.45) is 0 Å². The van der Waals surface area contributed by atoms with E-state index in [1.807, 2.05) is 12.1 Å². The zero-order valence-electron chi connectivity index (χ0n) is 74.4. The average molecular weight is 1460 g/mol. The highest BCUT2D eigenvalue weighted by molar-refractivity contribution is 5.23. The lowest BCUT2D eigenvalue weighted by Gasteiger charge is -2.37. The van der Waals surface area contributed by atoms with Gasteiger partial charge < -0.3 is 20.9 Å². The molecule has 8 nitrogen and oxygen atoms in total. The lowest BCUT2D eigenvalue weighted by molar-refractivity contribution is 0.126. The number of rotatable bonds is 18. The minimum Gasteiger partial charge on any atom is -0.312 e. The van der Waals surface area contributed by atoms with E-state index in [4.69, 9.17) is 0 Å². The molecule has 8 heteroatoms. The molecule has 107 heavy (non-hydrogen) atoms. The molecule has 0 spiro atoms. The first-order chi connectivity index (χ1) is 49.4. The van der Waals surface area contributed by atoms with Crippen molar-refractivity contribution in [2.45, 2.75) is 288 Å². The molecule has 4 atom stereocenters. The van der Waals surface area contributed by atoms with Gasteiger partial charge in [-0.15, -0.1) is 0 Å². The van der Waals surface area contributed by atoms with E-state index in [0.29, 0.717) is 24.2 Å². The predicted molar refractivity (Wildman–Crippen MR) is 476 cm³/mol. The van der Waals surface area contributed by atoms with Crippen LogP contribution in [0.2, 0.25) is 0 Å². The van der Waals surface area contributed by atoms with Gasteiger partial charge in [0.15, 0.2) is 0 Å². The molecule has 0 fully saturated rings. The number of nitrogens with one attached hydrogen (secondary N) is 3. The summed E-state index contributed by atoms with van der Waals surface area (Å²) in [5.41, 5.74) is 12.8. The van der Waals surface area contributed by atoms with Crippen molar-refractivity contribution in [3.8, 4) is 0 Å². The van der Waals surface area contributed by atoms with Gasteiger partial charge in [-0.2, -0.15) is 0 Å². The SMILES string of the molecule is CC(C)(C)NCCc1ccccc1.CC(C)(C)NCc1ccccc1.CC(NC(C)(C)C)c1ccccc1.CC(c1ccccc1)N(C)C(C)(C)C.CN(CCc1ccccc1)C(C)(C)C.CN(Cc1ccccc1)C(C)(C)C.C[C@@H](c1ccccc1)N(C)C(C)(C)C.C[C@H](c1ccccc1)N(C)C(C)(C)C. The highest BCUT2D eigenvalue weighted by atomic mass is 15.2. The molecule has 3 N–H and O–H groups in total. The predicted octanol–water partition coefficient (Wildman–Crippen LogP) is 24.6. The van der Waals surface area contributed by atoms with Crippen molar-refractivity contribution in [2.75, 3.05) is 48.3 Å². The van der Waals surface area contributed by atoms with Gasteiger partial charge in [0.1, 0.15) is 0 Å². The Morgan fingerprint density at radius 2 is 0.514 bits per heavy atom. The van der Waals surface area contributed by atoms with Gasteiger partial charge in [-0.3, -0.25) is 19.6 Å². The Bertz CT molecular complexity index is 3270. The molecule has 0 saturated heterocycles. The molecule has 0 amide bonds. The molecule has 0 aliphatic rings. The third-order valence-corrected chi connectivity index (χ3v) is 19.4. The minimum absolute atomic E-state index is 0.176. The zero-order chi connectivity index (χ0) is 81.5. The Hall–Kier alpha value is -6.56. The van der Waals surface area contributed by atoms with Gasteiger partial charge in [-0.25, -0.2) is 0 Å². The van der Waals surface area contributed by atoms with E-state index in [2.05, 4.69) is 500 Å². The van der Waals surface area contributed by atoms with Gasteiger partial charge in [0, 0.05) is 88.1 Å². The molecule has 0 bridgehead atoms. The van der Waals surface area contributed by atoms with Gasteiger partial charge in [-0.1, -0.05) is 243 Å². The van der Waals surface area contributed by atoms with Gasteiger partial charge in [0.05, 0.1) is 0 Å². The maximum absolute atomic E-state index is 3.54. The lowest BCUT2D eigenvalue weighted by atomic mass is 10.0. The van der Waals surface area contributed by atoms with Gasteiger partial charge in [0.2, 0.25) is 0 Å². The number of hydrogen-bond acceptors (Lipinski definition) is 8. The third kappa shape index (κ3) is 46.5. The molecule has 0 radical (unpaired) electrons.